The minimum Gasteiger partial charge on any atom is -0.353 e. The summed E-state index contributed by atoms with van der Waals surface area (Å²) in [6.07, 6.45) is 4.20. The van der Waals surface area contributed by atoms with Crippen LogP contribution in [0, 0.1) is 6.92 Å². The van der Waals surface area contributed by atoms with Crippen LogP contribution in [0.1, 0.15) is 18.4 Å². The SMILES string of the molecule is Cc1cnc(NC[C@H]2CCCN2)nc1Cl. The van der Waals surface area contributed by atoms with Gasteiger partial charge < -0.3 is 10.6 Å². The van der Waals surface area contributed by atoms with Gasteiger partial charge in [0.05, 0.1) is 0 Å². The van der Waals surface area contributed by atoms with Gasteiger partial charge in [-0.3, -0.25) is 0 Å². The summed E-state index contributed by atoms with van der Waals surface area (Å²) >= 11 is 5.90. The van der Waals surface area contributed by atoms with Crippen molar-refractivity contribution < 1.29 is 0 Å². The number of anilines is 1. The van der Waals surface area contributed by atoms with Crippen molar-refractivity contribution in [1.82, 2.24) is 15.3 Å². The monoisotopic (exact) mass is 226 g/mol. The molecule has 0 aliphatic carbocycles. The molecule has 4 nitrogen and oxygen atoms in total. The lowest BCUT2D eigenvalue weighted by Gasteiger charge is -2.11. The summed E-state index contributed by atoms with van der Waals surface area (Å²) in [4.78, 5) is 8.31. The van der Waals surface area contributed by atoms with Gasteiger partial charge in [0, 0.05) is 24.3 Å². The van der Waals surface area contributed by atoms with E-state index in [1.165, 1.54) is 12.8 Å². The Bertz CT molecular complexity index is 336. The molecule has 0 aromatic carbocycles. The Hall–Kier alpha value is -0.870. The minimum atomic E-state index is 0.520. The van der Waals surface area contributed by atoms with Gasteiger partial charge in [0.1, 0.15) is 5.15 Å². The average Bonchev–Trinajstić information content (AvgIpc) is 2.73. The van der Waals surface area contributed by atoms with E-state index in [9.17, 15) is 0 Å². The molecule has 1 atom stereocenters. The van der Waals surface area contributed by atoms with Crippen molar-refractivity contribution in [2.75, 3.05) is 18.4 Å². The third-order valence-corrected chi connectivity index (χ3v) is 2.96. The normalized spacial score (nSPS) is 20.5. The second kappa shape index (κ2) is 4.77. The molecule has 2 N–H and O–H groups in total. The van der Waals surface area contributed by atoms with Crippen LogP contribution in [-0.2, 0) is 0 Å². The van der Waals surface area contributed by atoms with Crippen LogP contribution >= 0.6 is 11.6 Å². The highest BCUT2D eigenvalue weighted by Gasteiger charge is 2.13. The standard InChI is InChI=1S/C10H15ClN4/c1-7-5-13-10(15-9(7)11)14-6-8-3-2-4-12-8/h5,8,12H,2-4,6H2,1H3,(H,13,14,15)/t8-/m1/s1. The predicted octanol–water partition coefficient (Wildman–Crippen LogP) is 1.60. The molecule has 1 aliphatic heterocycles. The summed E-state index contributed by atoms with van der Waals surface area (Å²) in [5, 5.41) is 7.11. The fraction of sp³-hybridized carbons (Fsp3) is 0.600. The number of nitrogens with zero attached hydrogens (tertiary/aromatic N) is 2. The molecule has 0 unspecified atom stereocenters. The summed E-state index contributed by atoms with van der Waals surface area (Å²) in [7, 11) is 0. The third-order valence-electron chi connectivity index (χ3n) is 2.58. The first-order valence-electron chi connectivity index (χ1n) is 5.22. The van der Waals surface area contributed by atoms with E-state index in [4.69, 9.17) is 11.6 Å². The first-order valence-corrected chi connectivity index (χ1v) is 5.60. The molecule has 1 aromatic rings. The molecule has 15 heavy (non-hydrogen) atoms. The molecule has 1 aromatic heterocycles. The van der Waals surface area contributed by atoms with Gasteiger partial charge in [0.2, 0.25) is 5.95 Å². The molecule has 0 saturated carbocycles. The molecule has 0 spiro atoms. The number of nitrogens with one attached hydrogen (secondary N) is 2. The van der Waals surface area contributed by atoms with Crippen molar-refractivity contribution in [2.45, 2.75) is 25.8 Å². The van der Waals surface area contributed by atoms with Crippen LogP contribution < -0.4 is 10.6 Å². The molecule has 82 valence electrons. The fourth-order valence-corrected chi connectivity index (χ4v) is 1.78. The number of hydrogen-bond donors (Lipinski definition) is 2. The molecule has 0 bridgehead atoms. The van der Waals surface area contributed by atoms with Crippen molar-refractivity contribution in [2.24, 2.45) is 0 Å². The van der Waals surface area contributed by atoms with Crippen molar-refractivity contribution in [3.05, 3.63) is 16.9 Å². The maximum absolute atomic E-state index is 5.90. The van der Waals surface area contributed by atoms with Crippen molar-refractivity contribution in [3.8, 4) is 0 Å². The Morgan fingerprint density at radius 1 is 1.67 bits per heavy atom. The lowest BCUT2D eigenvalue weighted by Crippen LogP contribution is -2.29. The zero-order chi connectivity index (χ0) is 10.7. The van der Waals surface area contributed by atoms with Crippen LogP contribution in [0.5, 0.6) is 0 Å². The molecule has 2 rings (SSSR count). The number of rotatable bonds is 3. The van der Waals surface area contributed by atoms with Crippen LogP contribution in [0.15, 0.2) is 6.20 Å². The molecular weight excluding hydrogens is 212 g/mol. The van der Waals surface area contributed by atoms with Crippen LogP contribution in [0.2, 0.25) is 5.15 Å². The lowest BCUT2D eigenvalue weighted by atomic mass is 10.2. The average molecular weight is 227 g/mol. The quantitative estimate of drug-likeness (QED) is 0.769. The molecule has 5 heteroatoms. The maximum Gasteiger partial charge on any atom is 0.224 e. The van der Waals surface area contributed by atoms with E-state index in [0.29, 0.717) is 17.1 Å². The largest absolute Gasteiger partial charge is 0.353 e. The zero-order valence-electron chi connectivity index (χ0n) is 8.76. The molecule has 2 heterocycles. The first kappa shape index (κ1) is 10.6. The minimum absolute atomic E-state index is 0.520. The molecule has 0 amide bonds. The van der Waals surface area contributed by atoms with E-state index >= 15 is 0 Å². The molecule has 1 aliphatic rings. The van der Waals surface area contributed by atoms with Gasteiger partial charge in [0.15, 0.2) is 0 Å². The van der Waals surface area contributed by atoms with Crippen LogP contribution in [0.3, 0.4) is 0 Å². The van der Waals surface area contributed by atoms with Crippen LogP contribution in [0.25, 0.3) is 0 Å². The topological polar surface area (TPSA) is 49.8 Å². The molecule has 0 radical (unpaired) electrons. The smallest absolute Gasteiger partial charge is 0.224 e. The number of halogens is 1. The molecule has 1 fully saturated rings. The summed E-state index contributed by atoms with van der Waals surface area (Å²) in [5.74, 6) is 0.610. The van der Waals surface area contributed by atoms with E-state index in [0.717, 1.165) is 18.7 Å². The third kappa shape index (κ3) is 2.79. The highest BCUT2D eigenvalue weighted by molar-refractivity contribution is 6.30. The van der Waals surface area contributed by atoms with Gasteiger partial charge in [0.25, 0.3) is 0 Å². The Morgan fingerprint density at radius 3 is 3.20 bits per heavy atom. The van der Waals surface area contributed by atoms with E-state index in [1.807, 2.05) is 6.92 Å². The van der Waals surface area contributed by atoms with Gasteiger partial charge in [-0.15, -0.1) is 0 Å². The summed E-state index contributed by atoms with van der Waals surface area (Å²) in [6.45, 7) is 3.87. The van der Waals surface area contributed by atoms with Gasteiger partial charge >= 0.3 is 0 Å². The van der Waals surface area contributed by atoms with E-state index in [-0.39, 0.29) is 0 Å². The van der Waals surface area contributed by atoms with Crippen LogP contribution in [-0.4, -0.2) is 29.1 Å². The Labute approximate surface area is 94.5 Å². The van der Waals surface area contributed by atoms with Crippen LogP contribution in [0.4, 0.5) is 5.95 Å². The summed E-state index contributed by atoms with van der Waals surface area (Å²) < 4.78 is 0. The fourth-order valence-electron chi connectivity index (χ4n) is 1.65. The summed E-state index contributed by atoms with van der Waals surface area (Å²) in [5.41, 5.74) is 0.904. The van der Waals surface area contributed by atoms with E-state index in [2.05, 4.69) is 20.6 Å². The second-order valence-electron chi connectivity index (χ2n) is 3.84. The number of aromatic nitrogens is 2. The van der Waals surface area contributed by atoms with Crippen molar-refractivity contribution >= 4 is 17.5 Å². The van der Waals surface area contributed by atoms with Crippen molar-refractivity contribution in [3.63, 3.8) is 0 Å². The second-order valence-corrected chi connectivity index (χ2v) is 4.20. The van der Waals surface area contributed by atoms with E-state index < -0.39 is 0 Å². The predicted molar refractivity (Wildman–Crippen MR) is 61.3 cm³/mol. The number of aryl methyl sites for hydroxylation is 1. The van der Waals surface area contributed by atoms with Gasteiger partial charge in [-0.2, -0.15) is 0 Å². The van der Waals surface area contributed by atoms with E-state index in [1.54, 1.807) is 6.20 Å². The highest BCUT2D eigenvalue weighted by Crippen LogP contribution is 2.12. The Morgan fingerprint density at radius 2 is 2.53 bits per heavy atom. The first-order chi connectivity index (χ1) is 7.25. The number of hydrogen-bond acceptors (Lipinski definition) is 4. The van der Waals surface area contributed by atoms with Gasteiger partial charge in [-0.05, 0) is 26.3 Å². The molecular formula is C10H15ClN4. The van der Waals surface area contributed by atoms with Gasteiger partial charge in [-0.25, -0.2) is 9.97 Å². The molecule has 1 saturated heterocycles. The maximum atomic E-state index is 5.90. The van der Waals surface area contributed by atoms with Crippen molar-refractivity contribution in [1.29, 1.82) is 0 Å². The highest BCUT2D eigenvalue weighted by atomic mass is 35.5. The summed E-state index contributed by atoms with van der Waals surface area (Å²) in [6, 6.07) is 0.536. The van der Waals surface area contributed by atoms with Gasteiger partial charge in [-0.1, -0.05) is 11.6 Å². The Balaban J connectivity index is 1.90. The lowest BCUT2D eigenvalue weighted by molar-refractivity contribution is 0.631. The zero-order valence-corrected chi connectivity index (χ0v) is 9.51. The Kier molecular flexibility index (Phi) is 3.38.